The predicted octanol–water partition coefficient (Wildman–Crippen LogP) is 1.05. The quantitative estimate of drug-likeness (QED) is 0.551. The zero-order valence-electron chi connectivity index (χ0n) is 11.8. The summed E-state index contributed by atoms with van der Waals surface area (Å²) in [4.78, 5) is 22.6. The van der Waals surface area contributed by atoms with Crippen LogP contribution in [0.1, 0.15) is 34.1 Å². The summed E-state index contributed by atoms with van der Waals surface area (Å²) in [5.74, 6) is -0.297. The van der Waals surface area contributed by atoms with Crippen LogP contribution >= 0.6 is 0 Å². The number of carbonyl (C=O) groups is 2. The average Bonchev–Trinajstić information content (AvgIpc) is 2.26. The first-order valence-corrected chi connectivity index (χ1v) is 6.08. The van der Waals surface area contributed by atoms with E-state index in [4.69, 9.17) is 4.74 Å². The van der Waals surface area contributed by atoms with Crippen molar-refractivity contribution in [3.8, 4) is 0 Å². The maximum absolute atomic E-state index is 11.3. The summed E-state index contributed by atoms with van der Waals surface area (Å²) >= 11 is 0. The van der Waals surface area contributed by atoms with E-state index >= 15 is 0 Å². The molecule has 0 fully saturated rings. The van der Waals surface area contributed by atoms with E-state index in [-0.39, 0.29) is 12.0 Å². The molecule has 0 aliphatic rings. The van der Waals surface area contributed by atoms with Crippen molar-refractivity contribution in [2.75, 3.05) is 20.2 Å². The highest BCUT2D eigenvalue weighted by Gasteiger charge is 2.17. The maximum Gasteiger partial charge on any atom is 0.407 e. The van der Waals surface area contributed by atoms with Gasteiger partial charge in [-0.1, -0.05) is 6.92 Å². The standard InChI is InChI=1S/C12H24N2O4/c1-6-9(10(15)17-5)13-7-8-14-11(16)18-12(2,3)4/h9,13H,6-8H2,1-5H3,(H,14,16)/t9-/m1/s1. The monoisotopic (exact) mass is 260 g/mol. The number of esters is 1. The lowest BCUT2D eigenvalue weighted by atomic mass is 10.2. The molecule has 0 bridgehead atoms. The van der Waals surface area contributed by atoms with Gasteiger partial charge in [-0.15, -0.1) is 0 Å². The molecular weight excluding hydrogens is 236 g/mol. The molecule has 2 N–H and O–H groups in total. The van der Waals surface area contributed by atoms with E-state index in [1.54, 1.807) is 20.8 Å². The highest BCUT2D eigenvalue weighted by molar-refractivity contribution is 5.75. The third-order valence-corrected chi connectivity index (χ3v) is 2.08. The molecule has 0 aromatic carbocycles. The van der Waals surface area contributed by atoms with Crippen LogP contribution in [0, 0.1) is 0 Å². The Balaban J connectivity index is 3.79. The molecule has 1 amide bonds. The van der Waals surface area contributed by atoms with Crippen LogP contribution < -0.4 is 10.6 Å². The molecule has 6 nitrogen and oxygen atoms in total. The van der Waals surface area contributed by atoms with Gasteiger partial charge in [0.05, 0.1) is 7.11 Å². The summed E-state index contributed by atoms with van der Waals surface area (Å²) in [6.45, 7) is 8.16. The smallest absolute Gasteiger partial charge is 0.407 e. The van der Waals surface area contributed by atoms with Crippen molar-refractivity contribution >= 4 is 12.1 Å². The van der Waals surface area contributed by atoms with Crippen LogP contribution in [0.3, 0.4) is 0 Å². The van der Waals surface area contributed by atoms with E-state index < -0.39 is 11.7 Å². The van der Waals surface area contributed by atoms with Gasteiger partial charge in [-0.25, -0.2) is 4.79 Å². The largest absolute Gasteiger partial charge is 0.468 e. The van der Waals surface area contributed by atoms with Crippen LogP contribution in [-0.4, -0.2) is 43.9 Å². The first-order chi connectivity index (χ1) is 8.30. The number of alkyl carbamates (subject to hydrolysis) is 1. The number of hydrogen-bond donors (Lipinski definition) is 2. The number of amides is 1. The molecule has 0 heterocycles. The van der Waals surface area contributed by atoms with Gasteiger partial charge in [0.2, 0.25) is 0 Å². The van der Waals surface area contributed by atoms with Gasteiger partial charge in [0.15, 0.2) is 0 Å². The van der Waals surface area contributed by atoms with Crippen LogP contribution in [0.5, 0.6) is 0 Å². The van der Waals surface area contributed by atoms with Gasteiger partial charge in [0.25, 0.3) is 0 Å². The van der Waals surface area contributed by atoms with Crippen molar-refractivity contribution in [2.24, 2.45) is 0 Å². The van der Waals surface area contributed by atoms with Gasteiger partial charge in [-0.05, 0) is 27.2 Å². The van der Waals surface area contributed by atoms with E-state index in [9.17, 15) is 9.59 Å². The minimum atomic E-state index is -0.504. The Morgan fingerprint density at radius 1 is 1.22 bits per heavy atom. The third-order valence-electron chi connectivity index (χ3n) is 2.08. The van der Waals surface area contributed by atoms with Gasteiger partial charge >= 0.3 is 12.1 Å². The fourth-order valence-electron chi connectivity index (χ4n) is 1.26. The number of ether oxygens (including phenoxy) is 2. The Morgan fingerprint density at radius 2 is 1.83 bits per heavy atom. The topological polar surface area (TPSA) is 76.7 Å². The Labute approximate surface area is 108 Å². The highest BCUT2D eigenvalue weighted by Crippen LogP contribution is 2.05. The van der Waals surface area contributed by atoms with E-state index in [0.717, 1.165) is 0 Å². The summed E-state index contributed by atoms with van der Waals surface area (Å²) in [7, 11) is 1.35. The van der Waals surface area contributed by atoms with Gasteiger partial charge in [0, 0.05) is 13.1 Å². The van der Waals surface area contributed by atoms with Gasteiger partial charge in [-0.2, -0.15) is 0 Å². The van der Waals surface area contributed by atoms with Crippen molar-refractivity contribution in [3.05, 3.63) is 0 Å². The zero-order valence-corrected chi connectivity index (χ0v) is 11.8. The number of hydrogen-bond acceptors (Lipinski definition) is 5. The lowest BCUT2D eigenvalue weighted by Crippen LogP contribution is -2.42. The lowest BCUT2D eigenvalue weighted by Gasteiger charge is -2.20. The summed E-state index contributed by atoms with van der Waals surface area (Å²) in [6, 6.07) is -0.338. The average molecular weight is 260 g/mol. The van der Waals surface area contributed by atoms with E-state index in [1.807, 2.05) is 6.92 Å². The maximum atomic E-state index is 11.3. The molecule has 0 radical (unpaired) electrons. The van der Waals surface area contributed by atoms with Gasteiger partial charge < -0.3 is 20.1 Å². The van der Waals surface area contributed by atoms with E-state index in [1.165, 1.54) is 7.11 Å². The molecule has 0 rings (SSSR count). The zero-order chi connectivity index (χ0) is 14.2. The number of nitrogens with one attached hydrogen (secondary N) is 2. The summed E-state index contributed by atoms with van der Waals surface area (Å²) in [5.41, 5.74) is -0.504. The molecule has 0 spiro atoms. The van der Waals surface area contributed by atoms with Crippen LogP contribution in [0.15, 0.2) is 0 Å². The van der Waals surface area contributed by atoms with Crippen molar-refractivity contribution in [1.29, 1.82) is 0 Å². The van der Waals surface area contributed by atoms with Gasteiger partial charge in [0.1, 0.15) is 11.6 Å². The minimum absolute atomic E-state index is 0.297. The van der Waals surface area contributed by atoms with Crippen LogP contribution in [0.2, 0.25) is 0 Å². The van der Waals surface area contributed by atoms with Crippen LogP contribution in [0.25, 0.3) is 0 Å². The summed E-state index contributed by atoms with van der Waals surface area (Å²) < 4.78 is 9.70. The Hall–Kier alpha value is -1.30. The van der Waals surface area contributed by atoms with Crippen molar-refractivity contribution < 1.29 is 19.1 Å². The van der Waals surface area contributed by atoms with E-state index in [0.29, 0.717) is 19.5 Å². The Morgan fingerprint density at radius 3 is 2.28 bits per heavy atom. The Bertz CT molecular complexity index is 274. The molecule has 0 aliphatic heterocycles. The summed E-state index contributed by atoms with van der Waals surface area (Å²) in [6.07, 6.45) is 0.175. The lowest BCUT2D eigenvalue weighted by molar-refractivity contribution is -0.143. The first kappa shape index (κ1) is 16.7. The fraction of sp³-hybridized carbons (Fsp3) is 0.833. The fourth-order valence-corrected chi connectivity index (χ4v) is 1.26. The molecule has 106 valence electrons. The van der Waals surface area contributed by atoms with Gasteiger partial charge in [-0.3, -0.25) is 4.79 Å². The first-order valence-electron chi connectivity index (χ1n) is 6.08. The Kier molecular flexibility index (Phi) is 7.35. The molecule has 0 aromatic rings. The van der Waals surface area contributed by atoms with Crippen molar-refractivity contribution in [2.45, 2.75) is 45.8 Å². The molecule has 0 aromatic heterocycles. The normalized spacial score (nSPS) is 12.7. The number of rotatable bonds is 6. The molecule has 0 unspecified atom stereocenters. The molecule has 1 atom stereocenters. The van der Waals surface area contributed by atoms with Crippen LogP contribution in [0.4, 0.5) is 4.79 Å². The SMILES string of the molecule is CC[C@@H](NCCNC(=O)OC(C)(C)C)C(=O)OC. The molecule has 18 heavy (non-hydrogen) atoms. The van der Waals surface area contributed by atoms with Crippen LogP contribution in [-0.2, 0) is 14.3 Å². The molecule has 6 heteroatoms. The second-order valence-electron chi connectivity index (χ2n) is 4.87. The van der Waals surface area contributed by atoms with E-state index in [2.05, 4.69) is 15.4 Å². The summed E-state index contributed by atoms with van der Waals surface area (Å²) in [5, 5.41) is 5.59. The molecular formula is C12H24N2O4. The number of methoxy groups -OCH3 is 1. The predicted molar refractivity (Wildman–Crippen MR) is 68.3 cm³/mol. The second-order valence-corrected chi connectivity index (χ2v) is 4.87. The van der Waals surface area contributed by atoms with Crippen molar-refractivity contribution in [3.63, 3.8) is 0 Å². The second kappa shape index (κ2) is 7.92. The molecule has 0 aliphatic carbocycles. The highest BCUT2D eigenvalue weighted by atomic mass is 16.6. The van der Waals surface area contributed by atoms with Crippen molar-refractivity contribution in [1.82, 2.24) is 10.6 Å². The third kappa shape index (κ3) is 7.89. The molecule has 0 saturated carbocycles. The molecule has 0 saturated heterocycles. The number of carbonyl (C=O) groups excluding carboxylic acids is 2. The minimum Gasteiger partial charge on any atom is -0.468 e.